The average molecular weight is 355 g/mol. The highest BCUT2D eigenvalue weighted by molar-refractivity contribution is 8.26. The molecule has 0 saturated carbocycles. The third-order valence-electron chi connectivity index (χ3n) is 3.73. The molecule has 2 aromatic rings. The molecule has 122 valence electrons. The molecule has 24 heavy (non-hydrogen) atoms. The van der Waals surface area contributed by atoms with Crippen molar-refractivity contribution in [3.8, 4) is 5.75 Å². The summed E-state index contributed by atoms with van der Waals surface area (Å²) in [5.74, 6) is 0.686. The number of amides is 1. The van der Waals surface area contributed by atoms with E-state index in [1.807, 2.05) is 61.5 Å². The Labute approximate surface area is 151 Å². The number of carbonyl (C=O) groups excluding carboxylic acids is 1. The van der Waals surface area contributed by atoms with E-state index < -0.39 is 0 Å². The number of aryl methyl sites for hydroxylation is 1. The van der Waals surface area contributed by atoms with Gasteiger partial charge in [-0.1, -0.05) is 65.9 Å². The first-order valence-corrected chi connectivity index (χ1v) is 8.75. The van der Waals surface area contributed by atoms with Crippen LogP contribution >= 0.6 is 24.0 Å². The molecule has 1 aliphatic heterocycles. The summed E-state index contributed by atoms with van der Waals surface area (Å²) < 4.78 is 5.97. The number of thiocarbonyl (C=S) groups is 1. The minimum atomic E-state index is -0.0580. The summed E-state index contributed by atoms with van der Waals surface area (Å²) in [5.41, 5.74) is 3.06. The van der Waals surface area contributed by atoms with Gasteiger partial charge in [-0.2, -0.15) is 0 Å². The fraction of sp³-hybridized carbons (Fsp3) is 0.158. The molecule has 1 aliphatic rings. The zero-order chi connectivity index (χ0) is 17.1. The largest absolute Gasteiger partial charge is 0.496 e. The van der Waals surface area contributed by atoms with Gasteiger partial charge in [0.15, 0.2) is 0 Å². The fourth-order valence-corrected chi connectivity index (χ4v) is 3.76. The molecule has 2 aromatic carbocycles. The first-order chi connectivity index (χ1) is 11.6. The third-order valence-corrected chi connectivity index (χ3v) is 5.11. The van der Waals surface area contributed by atoms with Crippen molar-refractivity contribution in [2.24, 2.45) is 0 Å². The van der Waals surface area contributed by atoms with Gasteiger partial charge in [-0.15, -0.1) is 0 Å². The van der Waals surface area contributed by atoms with Crippen LogP contribution in [0.3, 0.4) is 0 Å². The quantitative estimate of drug-likeness (QED) is 0.600. The van der Waals surface area contributed by atoms with E-state index in [0.29, 0.717) is 15.8 Å². The Balaban J connectivity index is 1.87. The number of hydrogen-bond acceptors (Lipinski definition) is 4. The third kappa shape index (κ3) is 3.52. The van der Waals surface area contributed by atoms with Gasteiger partial charge in [0.1, 0.15) is 10.1 Å². The van der Waals surface area contributed by atoms with E-state index in [4.69, 9.17) is 17.0 Å². The molecule has 0 aliphatic carbocycles. The van der Waals surface area contributed by atoms with Gasteiger partial charge in [0.05, 0.1) is 18.6 Å². The smallest absolute Gasteiger partial charge is 0.266 e. The lowest BCUT2D eigenvalue weighted by Gasteiger charge is -2.14. The predicted octanol–water partition coefficient (Wildman–Crippen LogP) is 4.41. The van der Waals surface area contributed by atoms with Gasteiger partial charge >= 0.3 is 0 Å². The Morgan fingerprint density at radius 2 is 1.96 bits per heavy atom. The summed E-state index contributed by atoms with van der Waals surface area (Å²) in [7, 11) is 1.63. The summed E-state index contributed by atoms with van der Waals surface area (Å²) in [6.07, 6.45) is 1.86. The number of benzene rings is 2. The number of carbonyl (C=O) groups is 1. The Morgan fingerprint density at radius 3 is 2.67 bits per heavy atom. The number of thioether (sulfide) groups is 1. The molecule has 0 N–H and O–H groups in total. The van der Waals surface area contributed by atoms with Crippen LogP contribution in [0.25, 0.3) is 6.08 Å². The maximum atomic E-state index is 12.7. The minimum absolute atomic E-state index is 0.0580. The molecule has 0 aromatic heterocycles. The average Bonchev–Trinajstić information content (AvgIpc) is 2.84. The standard InChI is InChI=1S/C19H17NO2S2/c1-13-8-9-16(22-2)15(10-13)11-17-18(21)20(19(23)24-17)12-14-6-4-3-5-7-14/h3-11H,12H2,1-2H3/b17-11-. The van der Waals surface area contributed by atoms with Crippen molar-refractivity contribution in [1.29, 1.82) is 0 Å². The number of rotatable bonds is 4. The molecular weight excluding hydrogens is 338 g/mol. The molecule has 1 amide bonds. The summed E-state index contributed by atoms with van der Waals surface area (Å²) in [6, 6.07) is 15.8. The molecule has 1 saturated heterocycles. The molecule has 1 fully saturated rings. The van der Waals surface area contributed by atoms with Gasteiger partial charge in [0.25, 0.3) is 5.91 Å². The highest BCUT2D eigenvalue weighted by Gasteiger charge is 2.32. The Hall–Kier alpha value is -2.11. The maximum absolute atomic E-state index is 12.7. The Bertz CT molecular complexity index is 815. The normalized spacial score (nSPS) is 16.1. The van der Waals surface area contributed by atoms with E-state index in [0.717, 1.165) is 22.4 Å². The Morgan fingerprint density at radius 1 is 1.21 bits per heavy atom. The molecule has 0 bridgehead atoms. The van der Waals surface area contributed by atoms with Crippen molar-refractivity contribution in [3.05, 3.63) is 70.1 Å². The number of hydrogen-bond donors (Lipinski definition) is 0. The lowest BCUT2D eigenvalue weighted by molar-refractivity contribution is -0.122. The van der Waals surface area contributed by atoms with Crippen molar-refractivity contribution in [2.45, 2.75) is 13.5 Å². The van der Waals surface area contributed by atoms with Crippen molar-refractivity contribution in [3.63, 3.8) is 0 Å². The SMILES string of the molecule is COc1ccc(C)cc1/C=C1\SC(=S)N(Cc2ccccc2)C1=O. The van der Waals surface area contributed by atoms with E-state index in [9.17, 15) is 4.79 Å². The van der Waals surface area contributed by atoms with Gasteiger partial charge < -0.3 is 4.74 Å². The van der Waals surface area contributed by atoms with Crippen LogP contribution < -0.4 is 4.74 Å². The zero-order valence-corrected chi connectivity index (χ0v) is 15.1. The predicted molar refractivity (Wildman–Crippen MR) is 103 cm³/mol. The summed E-state index contributed by atoms with van der Waals surface area (Å²) in [6.45, 7) is 2.51. The molecule has 5 heteroatoms. The molecule has 0 spiro atoms. The van der Waals surface area contributed by atoms with Gasteiger partial charge in [-0.05, 0) is 30.7 Å². The zero-order valence-electron chi connectivity index (χ0n) is 13.5. The van der Waals surface area contributed by atoms with Gasteiger partial charge in [0, 0.05) is 5.56 Å². The van der Waals surface area contributed by atoms with Gasteiger partial charge in [0.2, 0.25) is 0 Å². The first-order valence-electron chi connectivity index (χ1n) is 7.52. The van der Waals surface area contributed by atoms with Crippen molar-refractivity contribution >= 4 is 40.3 Å². The van der Waals surface area contributed by atoms with Crippen LogP contribution in [0.4, 0.5) is 0 Å². The second-order valence-electron chi connectivity index (χ2n) is 5.50. The van der Waals surface area contributed by atoms with Crippen LogP contribution in [0.1, 0.15) is 16.7 Å². The molecule has 0 unspecified atom stereocenters. The minimum Gasteiger partial charge on any atom is -0.496 e. The van der Waals surface area contributed by atoms with Crippen LogP contribution in [0.15, 0.2) is 53.4 Å². The molecule has 3 rings (SSSR count). The topological polar surface area (TPSA) is 29.5 Å². The summed E-state index contributed by atoms with van der Waals surface area (Å²) in [4.78, 5) is 15.0. The molecule has 0 atom stereocenters. The Kier molecular flexibility index (Phi) is 5.02. The van der Waals surface area contributed by atoms with Gasteiger partial charge in [-0.25, -0.2) is 0 Å². The van der Waals surface area contributed by atoms with Crippen LogP contribution in [0.5, 0.6) is 5.75 Å². The molecule has 0 radical (unpaired) electrons. The fourth-order valence-electron chi connectivity index (χ4n) is 2.51. The molecule has 1 heterocycles. The summed E-state index contributed by atoms with van der Waals surface area (Å²) in [5, 5.41) is 0. The lowest BCUT2D eigenvalue weighted by Crippen LogP contribution is -2.27. The molecular formula is C19H17NO2S2. The van der Waals surface area contributed by atoms with E-state index in [-0.39, 0.29) is 5.91 Å². The van der Waals surface area contributed by atoms with Crippen LogP contribution in [0, 0.1) is 6.92 Å². The van der Waals surface area contributed by atoms with E-state index in [2.05, 4.69) is 0 Å². The van der Waals surface area contributed by atoms with Gasteiger partial charge in [-0.3, -0.25) is 9.69 Å². The number of ether oxygens (including phenoxy) is 1. The van der Waals surface area contributed by atoms with Crippen LogP contribution in [-0.4, -0.2) is 22.2 Å². The maximum Gasteiger partial charge on any atom is 0.266 e. The number of methoxy groups -OCH3 is 1. The number of nitrogens with zero attached hydrogens (tertiary/aromatic N) is 1. The highest BCUT2D eigenvalue weighted by atomic mass is 32.2. The monoisotopic (exact) mass is 355 g/mol. The van der Waals surface area contributed by atoms with Crippen molar-refractivity contribution in [2.75, 3.05) is 7.11 Å². The first kappa shape index (κ1) is 16.7. The summed E-state index contributed by atoms with van der Waals surface area (Å²) >= 11 is 6.73. The molecule has 3 nitrogen and oxygen atoms in total. The van der Waals surface area contributed by atoms with E-state index >= 15 is 0 Å². The van der Waals surface area contributed by atoms with Crippen LogP contribution in [-0.2, 0) is 11.3 Å². The van der Waals surface area contributed by atoms with Crippen LogP contribution in [0.2, 0.25) is 0 Å². The lowest BCUT2D eigenvalue weighted by atomic mass is 10.1. The van der Waals surface area contributed by atoms with E-state index in [1.54, 1.807) is 12.0 Å². The van der Waals surface area contributed by atoms with Crippen molar-refractivity contribution < 1.29 is 9.53 Å². The van der Waals surface area contributed by atoms with E-state index in [1.165, 1.54) is 11.8 Å². The van der Waals surface area contributed by atoms with Crippen molar-refractivity contribution in [1.82, 2.24) is 4.90 Å². The highest BCUT2D eigenvalue weighted by Crippen LogP contribution is 2.35. The second-order valence-corrected chi connectivity index (χ2v) is 7.17. The second kappa shape index (κ2) is 7.20.